The van der Waals surface area contributed by atoms with E-state index in [1.165, 1.54) is 11.8 Å². The van der Waals surface area contributed by atoms with Crippen molar-refractivity contribution in [3.05, 3.63) is 113 Å². The van der Waals surface area contributed by atoms with Crippen LogP contribution in [0.1, 0.15) is 12.5 Å². The Morgan fingerprint density at radius 3 is 2.46 bits per heavy atom. The van der Waals surface area contributed by atoms with E-state index in [0.717, 1.165) is 16.3 Å². The molecule has 0 aliphatic heterocycles. The van der Waals surface area contributed by atoms with E-state index in [-0.39, 0.29) is 17.2 Å². The van der Waals surface area contributed by atoms with Gasteiger partial charge in [0.15, 0.2) is 5.16 Å². The molecule has 5 aromatic rings. The third-order valence-corrected chi connectivity index (χ3v) is 6.55. The fourth-order valence-electron chi connectivity index (χ4n) is 3.80. The van der Waals surface area contributed by atoms with Crippen LogP contribution in [0.3, 0.4) is 0 Å². The SMILES string of the molecule is CC(=NNC(=O)CSc1nc2ccccc2c(=O)n1-c1ccccc1)c1ccc2ccccc2c1. The lowest BCUT2D eigenvalue weighted by molar-refractivity contribution is -0.118. The van der Waals surface area contributed by atoms with Gasteiger partial charge in [0.25, 0.3) is 11.5 Å². The first-order valence-electron chi connectivity index (χ1n) is 11.1. The topological polar surface area (TPSA) is 76.3 Å². The van der Waals surface area contributed by atoms with Crippen LogP contribution >= 0.6 is 11.8 Å². The quantitative estimate of drug-likeness (QED) is 0.158. The van der Waals surface area contributed by atoms with Crippen LogP contribution in [-0.4, -0.2) is 26.9 Å². The number of nitrogens with zero attached hydrogens (tertiary/aromatic N) is 3. The molecule has 35 heavy (non-hydrogen) atoms. The smallest absolute Gasteiger partial charge is 0.266 e. The molecule has 0 fully saturated rings. The zero-order chi connectivity index (χ0) is 24.2. The van der Waals surface area contributed by atoms with Crippen LogP contribution in [-0.2, 0) is 4.79 Å². The average Bonchev–Trinajstić information content (AvgIpc) is 2.90. The van der Waals surface area contributed by atoms with Gasteiger partial charge < -0.3 is 0 Å². The number of amides is 1. The Bertz CT molecular complexity index is 1630. The number of hydrazone groups is 1. The Morgan fingerprint density at radius 1 is 0.914 bits per heavy atom. The van der Waals surface area contributed by atoms with Gasteiger partial charge in [-0.05, 0) is 53.6 Å². The van der Waals surface area contributed by atoms with E-state index < -0.39 is 0 Å². The van der Waals surface area contributed by atoms with Crippen molar-refractivity contribution >= 4 is 45.1 Å². The second-order valence-electron chi connectivity index (χ2n) is 7.97. The van der Waals surface area contributed by atoms with E-state index in [4.69, 9.17) is 0 Å². The number of hydrogen-bond acceptors (Lipinski definition) is 5. The summed E-state index contributed by atoms with van der Waals surface area (Å²) in [5, 5.41) is 7.52. The van der Waals surface area contributed by atoms with Gasteiger partial charge >= 0.3 is 0 Å². The highest BCUT2D eigenvalue weighted by Crippen LogP contribution is 2.21. The van der Waals surface area contributed by atoms with Crippen molar-refractivity contribution in [2.24, 2.45) is 5.10 Å². The number of para-hydroxylation sites is 2. The molecule has 0 aliphatic carbocycles. The third kappa shape index (κ3) is 4.85. The van der Waals surface area contributed by atoms with Gasteiger partial charge in [0.2, 0.25) is 0 Å². The number of rotatable bonds is 6. The second kappa shape index (κ2) is 9.95. The number of carbonyl (C=O) groups excluding carboxylic acids is 1. The molecule has 1 aromatic heterocycles. The molecule has 0 radical (unpaired) electrons. The maximum atomic E-state index is 13.2. The Labute approximate surface area is 206 Å². The fourth-order valence-corrected chi connectivity index (χ4v) is 4.61. The monoisotopic (exact) mass is 478 g/mol. The van der Waals surface area contributed by atoms with Crippen LogP contribution in [0.2, 0.25) is 0 Å². The molecule has 0 bridgehead atoms. The van der Waals surface area contributed by atoms with Crippen LogP contribution in [0, 0.1) is 0 Å². The lowest BCUT2D eigenvalue weighted by Crippen LogP contribution is -2.24. The van der Waals surface area contributed by atoms with E-state index in [9.17, 15) is 9.59 Å². The van der Waals surface area contributed by atoms with Gasteiger partial charge in [-0.3, -0.25) is 14.2 Å². The maximum absolute atomic E-state index is 13.2. The van der Waals surface area contributed by atoms with Crippen LogP contribution in [0.15, 0.2) is 112 Å². The highest BCUT2D eigenvalue weighted by molar-refractivity contribution is 7.99. The largest absolute Gasteiger partial charge is 0.272 e. The van der Waals surface area contributed by atoms with Crippen molar-refractivity contribution in [3.8, 4) is 5.69 Å². The normalized spacial score (nSPS) is 11.6. The van der Waals surface area contributed by atoms with Gasteiger partial charge in [-0.25, -0.2) is 10.4 Å². The van der Waals surface area contributed by atoms with Crippen molar-refractivity contribution in [3.63, 3.8) is 0 Å². The molecular formula is C28H22N4O2S. The molecule has 0 saturated heterocycles. The zero-order valence-corrected chi connectivity index (χ0v) is 19.8. The first kappa shape index (κ1) is 22.6. The van der Waals surface area contributed by atoms with Crippen molar-refractivity contribution in [1.29, 1.82) is 0 Å². The van der Waals surface area contributed by atoms with E-state index in [1.807, 2.05) is 85.8 Å². The standard InChI is InChI=1S/C28H22N4O2S/c1-19(21-16-15-20-9-5-6-10-22(20)17-21)30-31-26(33)18-35-28-29-25-14-8-7-13-24(25)27(34)32(28)23-11-3-2-4-12-23/h2-17H,18H2,1H3,(H,31,33). The van der Waals surface area contributed by atoms with Gasteiger partial charge in [-0.1, -0.05) is 78.5 Å². The van der Waals surface area contributed by atoms with E-state index in [2.05, 4.69) is 21.6 Å². The summed E-state index contributed by atoms with van der Waals surface area (Å²) >= 11 is 1.20. The van der Waals surface area contributed by atoms with Crippen LogP contribution in [0.4, 0.5) is 0 Å². The van der Waals surface area contributed by atoms with Crippen molar-refractivity contribution in [2.45, 2.75) is 12.1 Å². The van der Waals surface area contributed by atoms with Gasteiger partial charge in [0.05, 0.1) is 28.1 Å². The molecule has 4 aromatic carbocycles. The van der Waals surface area contributed by atoms with Crippen molar-refractivity contribution in [2.75, 3.05) is 5.75 Å². The predicted octanol–water partition coefficient (Wildman–Crippen LogP) is 5.17. The number of fused-ring (bicyclic) bond motifs is 2. The Morgan fingerprint density at radius 2 is 1.63 bits per heavy atom. The molecule has 0 aliphatic rings. The van der Waals surface area contributed by atoms with Gasteiger partial charge in [0.1, 0.15) is 0 Å². The minimum atomic E-state index is -0.280. The fraction of sp³-hybridized carbons (Fsp3) is 0.0714. The number of aromatic nitrogens is 2. The summed E-state index contributed by atoms with van der Waals surface area (Å²) in [5.74, 6) is -0.219. The summed E-state index contributed by atoms with van der Waals surface area (Å²) in [6.45, 7) is 1.86. The molecule has 0 atom stereocenters. The average molecular weight is 479 g/mol. The van der Waals surface area contributed by atoms with Crippen molar-refractivity contribution < 1.29 is 4.79 Å². The number of thioether (sulfide) groups is 1. The lowest BCUT2D eigenvalue weighted by atomic mass is 10.0. The molecule has 6 nitrogen and oxygen atoms in total. The highest BCUT2D eigenvalue weighted by Gasteiger charge is 2.14. The maximum Gasteiger partial charge on any atom is 0.266 e. The first-order chi connectivity index (χ1) is 17.1. The third-order valence-electron chi connectivity index (χ3n) is 5.61. The summed E-state index contributed by atoms with van der Waals surface area (Å²) < 4.78 is 1.55. The summed E-state index contributed by atoms with van der Waals surface area (Å²) in [7, 11) is 0. The summed E-state index contributed by atoms with van der Waals surface area (Å²) in [4.78, 5) is 30.5. The molecule has 1 amide bonds. The molecule has 0 saturated carbocycles. The predicted molar refractivity (Wildman–Crippen MR) is 142 cm³/mol. The molecule has 0 unspecified atom stereocenters. The first-order valence-corrected chi connectivity index (χ1v) is 12.1. The number of nitrogens with one attached hydrogen (secondary N) is 1. The van der Waals surface area contributed by atoms with Crippen LogP contribution in [0.25, 0.3) is 27.4 Å². The van der Waals surface area contributed by atoms with E-state index in [1.54, 1.807) is 16.7 Å². The summed E-state index contributed by atoms with van der Waals surface area (Å²) in [5.41, 5.74) is 5.39. The molecule has 1 N–H and O–H groups in total. The number of benzene rings is 4. The van der Waals surface area contributed by atoms with Crippen LogP contribution < -0.4 is 11.0 Å². The minimum Gasteiger partial charge on any atom is -0.272 e. The Balaban J connectivity index is 1.36. The van der Waals surface area contributed by atoms with E-state index in [0.29, 0.717) is 27.5 Å². The molecule has 7 heteroatoms. The number of carbonyl (C=O) groups is 1. The second-order valence-corrected chi connectivity index (χ2v) is 8.91. The Kier molecular flexibility index (Phi) is 6.41. The van der Waals surface area contributed by atoms with Gasteiger partial charge in [-0.15, -0.1) is 0 Å². The summed E-state index contributed by atoms with van der Waals surface area (Å²) in [6.07, 6.45) is 0. The number of hydrogen-bond donors (Lipinski definition) is 1. The van der Waals surface area contributed by atoms with Gasteiger partial charge in [-0.2, -0.15) is 5.10 Å². The molecule has 0 spiro atoms. The highest BCUT2D eigenvalue weighted by atomic mass is 32.2. The lowest BCUT2D eigenvalue weighted by Gasteiger charge is -2.13. The summed E-state index contributed by atoms with van der Waals surface area (Å²) in [6, 6.07) is 30.7. The molecule has 5 rings (SSSR count). The zero-order valence-electron chi connectivity index (χ0n) is 19.0. The van der Waals surface area contributed by atoms with E-state index >= 15 is 0 Å². The van der Waals surface area contributed by atoms with Gasteiger partial charge in [0, 0.05) is 0 Å². The van der Waals surface area contributed by atoms with Crippen molar-refractivity contribution in [1.82, 2.24) is 15.0 Å². The molecule has 1 heterocycles. The minimum absolute atomic E-state index is 0.0616. The van der Waals surface area contributed by atoms with Crippen LogP contribution in [0.5, 0.6) is 0 Å². The molecule has 172 valence electrons. The molecular weight excluding hydrogens is 456 g/mol. The Hall–Kier alpha value is -4.23.